The zero-order valence-electron chi connectivity index (χ0n) is 38.5. The van der Waals surface area contributed by atoms with E-state index in [4.69, 9.17) is 0 Å². The Morgan fingerprint density at radius 2 is 0.729 bits per heavy atom. The summed E-state index contributed by atoms with van der Waals surface area (Å²) in [5, 5.41) is 7.45. The maximum atomic E-state index is 2.46. The molecule has 0 atom stereocenters. The van der Waals surface area contributed by atoms with Gasteiger partial charge in [0.2, 0.25) is 0 Å². The molecule has 70 heavy (non-hydrogen) atoms. The zero-order valence-corrected chi connectivity index (χ0v) is 38.5. The van der Waals surface area contributed by atoms with E-state index >= 15 is 0 Å². The second-order valence-electron chi connectivity index (χ2n) is 18.0. The van der Waals surface area contributed by atoms with E-state index in [1.807, 2.05) is 0 Å². The third-order valence-corrected chi connectivity index (χ3v) is 14.0. The van der Waals surface area contributed by atoms with E-state index in [1.165, 1.54) is 76.7 Å². The predicted molar refractivity (Wildman–Crippen MR) is 298 cm³/mol. The molecule has 0 unspecified atom stereocenters. The van der Waals surface area contributed by atoms with Gasteiger partial charge in [0.1, 0.15) is 0 Å². The molecule has 0 aliphatic carbocycles. The standard InChI is InChI=1S/C68H46N2/c1-5-22-48(23-6-1)54-30-15-18-36-62(54)69(63-37-19-16-32-57(63)59-35-21-39-65-68(59)60-34-17-20-38-64(60)70(65)52-28-11-4-12-29-52)53-43-40-47(41-44-53)51-42-45-56-55-31-13-14-33-58(55)66(49-24-7-2-8-25-49)67(61(56)46-51)50-26-9-3-10-27-50/h1-46H. The SMILES string of the molecule is c1ccc(-c2ccccc2N(c2ccc(-c3ccc4c(c3)c(-c3ccccc3)c(-c3ccccc3)c3ccccc34)cc2)c2ccccc2-c2cccc3c2c2ccccc2n3-c2ccccc2)cc1. The number of fused-ring (bicyclic) bond motifs is 6. The van der Waals surface area contributed by atoms with Crippen molar-refractivity contribution in [3.63, 3.8) is 0 Å². The monoisotopic (exact) mass is 890 g/mol. The van der Waals surface area contributed by atoms with Gasteiger partial charge in [0.05, 0.1) is 22.4 Å². The normalized spacial score (nSPS) is 11.4. The minimum absolute atomic E-state index is 1.07. The summed E-state index contributed by atoms with van der Waals surface area (Å²) < 4.78 is 2.40. The lowest BCUT2D eigenvalue weighted by atomic mass is 9.84. The molecule has 13 rings (SSSR count). The molecule has 2 heteroatoms. The molecule has 0 saturated carbocycles. The lowest BCUT2D eigenvalue weighted by Crippen LogP contribution is -2.12. The fourth-order valence-electron chi connectivity index (χ4n) is 10.9. The van der Waals surface area contributed by atoms with Crippen molar-refractivity contribution in [2.24, 2.45) is 0 Å². The van der Waals surface area contributed by atoms with Crippen LogP contribution in [0.3, 0.4) is 0 Å². The Hall–Kier alpha value is -9.24. The van der Waals surface area contributed by atoms with Crippen molar-refractivity contribution in [3.05, 3.63) is 279 Å². The van der Waals surface area contributed by atoms with Crippen LogP contribution in [-0.2, 0) is 0 Å². The highest BCUT2D eigenvalue weighted by atomic mass is 15.1. The van der Waals surface area contributed by atoms with E-state index in [2.05, 4.69) is 289 Å². The fraction of sp³-hybridized carbons (Fsp3) is 0. The molecule has 0 radical (unpaired) electrons. The Bertz CT molecular complexity index is 4020. The number of aromatic nitrogens is 1. The van der Waals surface area contributed by atoms with Gasteiger partial charge >= 0.3 is 0 Å². The number of para-hydroxylation sites is 4. The topological polar surface area (TPSA) is 8.17 Å². The highest BCUT2D eigenvalue weighted by Crippen LogP contribution is 2.49. The van der Waals surface area contributed by atoms with Crippen LogP contribution in [-0.4, -0.2) is 4.57 Å². The average Bonchev–Trinajstić information content (AvgIpc) is 3.79. The number of hydrogen-bond donors (Lipinski definition) is 0. The van der Waals surface area contributed by atoms with Gasteiger partial charge in [0.15, 0.2) is 0 Å². The second kappa shape index (κ2) is 17.4. The Morgan fingerprint density at radius 1 is 0.257 bits per heavy atom. The van der Waals surface area contributed by atoms with Crippen LogP contribution in [0.15, 0.2) is 279 Å². The summed E-state index contributed by atoms with van der Waals surface area (Å²) in [6.07, 6.45) is 0. The van der Waals surface area contributed by atoms with Crippen LogP contribution in [0.5, 0.6) is 0 Å². The first-order valence-electron chi connectivity index (χ1n) is 24.1. The Balaban J connectivity index is 1.01. The lowest BCUT2D eigenvalue weighted by Gasteiger charge is -2.30. The molecular weight excluding hydrogens is 845 g/mol. The summed E-state index contributed by atoms with van der Waals surface area (Å²) in [5.74, 6) is 0. The molecule has 2 nitrogen and oxygen atoms in total. The summed E-state index contributed by atoms with van der Waals surface area (Å²) in [4.78, 5) is 2.46. The summed E-state index contributed by atoms with van der Waals surface area (Å²) in [6.45, 7) is 0. The Labute approximate surface area is 408 Å². The molecule has 0 fully saturated rings. The van der Waals surface area contributed by atoms with Gasteiger partial charge in [-0.1, -0.05) is 224 Å². The molecule has 1 heterocycles. The molecule has 0 N–H and O–H groups in total. The zero-order chi connectivity index (χ0) is 46.4. The number of nitrogens with zero attached hydrogens (tertiary/aromatic N) is 2. The van der Waals surface area contributed by atoms with Gasteiger partial charge < -0.3 is 9.47 Å². The largest absolute Gasteiger partial charge is 0.309 e. The molecule has 328 valence electrons. The second-order valence-corrected chi connectivity index (χ2v) is 18.0. The first-order valence-corrected chi connectivity index (χ1v) is 24.1. The molecular formula is C68H46N2. The first-order chi connectivity index (χ1) is 34.8. The molecule has 12 aromatic carbocycles. The Morgan fingerprint density at radius 3 is 1.41 bits per heavy atom. The van der Waals surface area contributed by atoms with Crippen molar-refractivity contribution < 1.29 is 0 Å². The van der Waals surface area contributed by atoms with E-state index in [0.29, 0.717) is 0 Å². The minimum atomic E-state index is 1.07. The number of benzene rings is 12. The van der Waals surface area contributed by atoms with Crippen LogP contribution in [0, 0.1) is 0 Å². The van der Waals surface area contributed by atoms with Gasteiger partial charge in [-0.05, 0) is 121 Å². The van der Waals surface area contributed by atoms with Crippen LogP contribution in [0.2, 0.25) is 0 Å². The van der Waals surface area contributed by atoms with Gasteiger partial charge in [0, 0.05) is 33.3 Å². The van der Waals surface area contributed by atoms with E-state index < -0.39 is 0 Å². The third-order valence-electron chi connectivity index (χ3n) is 14.0. The van der Waals surface area contributed by atoms with Crippen molar-refractivity contribution in [3.8, 4) is 61.3 Å². The molecule has 0 aliphatic rings. The molecule has 0 bridgehead atoms. The van der Waals surface area contributed by atoms with Crippen LogP contribution in [0.25, 0.3) is 105 Å². The fourth-order valence-corrected chi connectivity index (χ4v) is 10.9. The van der Waals surface area contributed by atoms with E-state index in [1.54, 1.807) is 0 Å². The van der Waals surface area contributed by atoms with Crippen LogP contribution < -0.4 is 4.90 Å². The molecule has 1 aromatic heterocycles. The third kappa shape index (κ3) is 6.97. The van der Waals surface area contributed by atoms with Gasteiger partial charge in [-0.3, -0.25) is 0 Å². The maximum absolute atomic E-state index is 2.46. The molecule has 0 saturated heterocycles. The van der Waals surface area contributed by atoms with Crippen molar-refractivity contribution in [1.29, 1.82) is 0 Å². The highest BCUT2D eigenvalue weighted by Gasteiger charge is 2.24. The smallest absolute Gasteiger partial charge is 0.0547 e. The average molecular weight is 891 g/mol. The van der Waals surface area contributed by atoms with Crippen molar-refractivity contribution in [2.75, 3.05) is 4.90 Å². The summed E-state index contributed by atoms with van der Waals surface area (Å²) in [7, 11) is 0. The van der Waals surface area contributed by atoms with Crippen molar-refractivity contribution >= 4 is 60.4 Å². The van der Waals surface area contributed by atoms with Crippen molar-refractivity contribution in [1.82, 2.24) is 4.57 Å². The van der Waals surface area contributed by atoms with Gasteiger partial charge in [-0.15, -0.1) is 0 Å². The van der Waals surface area contributed by atoms with Crippen molar-refractivity contribution in [2.45, 2.75) is 0 Å². The van der Waals surface area contributed by atoms with Gasteiger partial charge in [-0.25, -0.2) is 0 Å². The van der Waals surface area contributed by atoms with Gasteiger partial charge in [-0.2, -0.15) is 0 Å². The number of rotatable bonds is 9. The number of anilines is 3. The van der Waals surface area contributed by atoms with Crippen LogP contribution >= 0.6 is 0 Å². The predicted octanol–water partition coefficient (Wildman–Crippen LogP) is 18.9. The van der Waals surface area contributed by atoms with Crippen LogP contribution in [0.1, 0.15) is 0 Å². The molecule has 0 amide bonds. The van der Waals surface area contributed by atoms with E-state index in [9.17, 15) is 0 Å². The quantitative estimate of drug-likeness (QED) is 0.131. The number of hydrogen-bond acceptors (Lipinski definition) is 1. The van der Waals surface area contributed by atoms with Crippen LogP contribution in [0.4, 0.5) is 17.1 Å². The summed E-state index contributed by atoms with van der Waals surface area (Å²) in [5.41, 5.74) is 18.7. The Kier molecular flexibility index (Phi) is 10.2. The van der Waals surface area contributed by atoms with E-state index in [-0.39, 0.29) is 0 Å². The lowest BCUT2D eigenvalue weighted by molar-refractivity contribution is 1.18. The van der Waals surface area contributed by atoms with E-state index in [0.717, 1.165) is 45.0 Å². The summed E-state index contributed by atoms with van der Waals surface area (Å²) >= 11 is 0. The molecule has 13 aromatic rings. The van der Waals surface area contributed by atoms with Gasteiger partial charge in [0.25, 0.3) is 0 Å². The molecule has 0 aliphatic heterocycles. The molecule has 0 spiro atoms. The highest BCUT2D eigenvalue weighted by molar-refractivity contribution is 6.22. The minimum Gasteiger partial charge on any atom is -0.309 e. The summed E-state index contributed by atoms with van der Waals surface area (Å²) in [6, 6.07) is 102. The first kappa shape index (κ1) is 41.0. The maximum Gasteiger partial charge on any atom is 0.0547 e.